The van der Waals surface area contributed by atoms with E-state index in [1.807, 2.05) is 30.3 Å². The number of phenolic OH excluding ortho intramolecular Hbond substituents is 1. The molecule has 0 unspecified atom stereocenters. The number of methoxy groups -OCH3 is 1. The van der Waals surface area contributed by atoms with Crippen molar-refractivity contribution in [1.29, 1.82) is 0 Å². The first kappa shape index (κ1) is 12.3. The highest BCUT2D eigenvalue weighted by Gasteiger charge is 2.08. The molecule has 0 saturated carbocycles. The summed E-state index contributed by atoms with van der Waals surface area (Å²) >= 11 is 0. The second-order valence-corrected chi connectivity index (χ2v) is 4.32. The molecule has 0 aliphatic carbocycles. The van der Waals surface area contributed by atoms with E-state index in [0.717, 1.165) is 22.3 Å². The summed E-state index contributed by atoms with van der Waals surface area (Å²) in [6, 6.07) is 11.1. The van der Waals surface area contributed by atoms with Crippen molar-refractivity contribution >= 4 is 16.7 Å². The molecular formula is C14H14N4O2. The number of anilines is 1. The second kappa shape index (κ2) is 5.08. The summed E-state index contributed by atoms with van der Waals surface area (Å²) in [4.78, 5) is 0. The molecule has 3 aromatic rings. The quantitative estimate of drug-likeness (QED) is 0.677. The van der Waals surface area contributed by atoms with Gasteiger partial charge in [-0.25, -0.2) is 0 Å². The number of benzene rings is 2. The zero-order chi connectivity index (χ0) is 13.9. The SMILES string of the molecule is COc1cccc(CNc2cccc3n[nH]nc23)c1O. The third kappa shape index (κ3) is 2.11. The molecule has 0 amide bonds. The lowest BCUT2D eigenvalue weighted by Crippen LogP contribution is -2.01. The van der Waals surface area contributed by atoms with Gasteiger partial charge in [0.05, 0.1) is 12.8 Å². The lowest BCUT2D eigenvalue weighted by Gasteiger charge is -2.10. The second-order valence-electron chi connectivity index (χ2n) is 4.32. The van der Waals surface area contributed by atoms with Crippen molar-refractivity contribution in [3.05, 3.63) is 42.0 Å². The maximum Gasteiger partial charge on any atom is 0.162 e. The van der Waals surface area contributed by atoms with Crippen LogP contribution >= 0.6 is 0 Å². The largest absolute Gasteiger partial charge is 0.504 e. The average Bonchev–Trinajstić information content (AvgIpc) is 2.95. The van der Waals surface area contributed by atoms with Gasteiger partial charge in [0.25, 0.3) is 0 Å². The molecule has 6 heteroatoms. The number of fused-ring (bicyclic) bond motifs is 1. The number of aromatic amines is 1. The Morgan fingerprint density at radius 1 is 1.20 bits per heavy atom. The highest BCUT2D eigenvalue weighted by molar-refractivity contribution is 5.87. The Kier molecular flexibility index (Phi) is 3.12. The van der Waals surface area contributed by atoms with Crippen LogP contribution in [0.2, 0.25) is 0 Å². The average molecular weight is 270 g/mol. The van der Waals surface area contributed by atoms with Crippen LogP contribution in [0.4, 0.5) is 5.69 Å². The standard InChI is InChI=1S/C14H14N4O2/c1-20-12-7-2-4-9(14(12)19)8-15-10-5-3-6-11-13(10)17-18-16-11/h2-7,15,19H,8H2,1H3,(H,16,17,18). The molecule has 0 bridgehead atoms. The number of nitrogens with one attached hydrogen (secondary N) is 2. The van der Waals surface area contributed by atoms with Crippen molar-refractivity contribution in [3.63, 3.8) is 0 Å². The van der Waals surface area contributed by atoms with Gasteiger partial charge in [0.1, 0.15) is 11.0 Å². The smallest absolute Gasteiger partial charge is 0.162 e. The Bertz CT molecular complexity index is 739. The fourth-order valence-electron chi connectivity index (χ4n) is 2.08. The van der Waals surface area contributed by atoms with Crippen LogP contribution in [0.5, 0.6) is 11.5 Å². The third-order valence-electron chi connectivity index (χ3n) is 3.12. The summed E-state index contributed by atoms with van der Waals surface area (Å²) in [5.74, 6) is 0.610. The number of nitrogens with zero attached hydrogens (tertiary/aromatic N) is 2. The normalized spacial score (nSPS) is 10.7. The molecular weight excluding hydrogens is 256 g/mol. The fraction of sp³-hybridized carbons (Fsp3) is 0.143. The summed E-state index contributed by atoms with van der Waals surface area (Å²) in [6.45, 7) is 0.467. The van der Waals surface area contributed by atoms with Gasteiger partial charge in [-0.1, -0.05) is 18.2 Å². The van der Waals surface area contributed by atoms with Crippen molar-refractivity contribution in [2.75, 3.05) is 12.4 Å². The van der Waals surface area contributed by atoms with Crippen LogP contribution in [0.25, 0.3) is 11.0 Å². The number of rotatable bonds is 4. The zero-order valence-corrected chi connectivity index (χ0v) is 10.9. The van der Waals surface area contributed by atoms with Crippen LogP contribution in [0, 0.1) is 0 Å². The molecule has 1 aromatic heterocycles. The van der Waals surface area contributed by atoms with E-state index in [-0.39, 0.29) is 5.75 Å². The predicted molar refractivity (Wildman–Crippen MR) is 75.9 cm³/mol. The number of hydrogen-bond donors (Lipinski definition) is 3. The molecule has 3 rings (SSSR count). The van der Waals surface area contributed by atoms with Gasteiger partial charge >= 0.3 is 0 Å². The lowest BCUT2D eigenvalue weighted by atomic mass is 10.1. The van der Waals surface area contributed by atoms with Gasteiger partial charge in [-0.2, -0.15) is 15.4 Å². The van der Waals surface area contributed by atoms with Crippen molar-refractivity contribution in [2.45, 2.75) is 6.54 Å². The van der Waals surface area contributed by atoms with Gasteiger partial charge in [-0.05, 0) is 18.2 Å². The van der Waals surface area contributed by atoms with Gasteiger partial charge in [0, 0.05) is 12.1 Å². The Balaban J connectivity index is 1.85. The van der Waals surface area contributed by atoms with E-state index in [1.165, 1.54) is 7.11 Å². The van der Waals surface area contributed by atoms with E-state index in [2.05, 4.69) is 20.7 Å². The number of para-hydroxylation sites is 2. The number of hydrogen-bond acceptors (Lipinski definition) is 5. The van der Waals surface area contributed by atoms with Gasteiger partial charge in [0.15, 0.2) is 11.5 Å². The summed E-state index contributed by atoms with van der Waals surface area (Å²) < 4.78 is 5.09. The molecule has 102 valence electrons. The topological polar surface area (TPSA) is 83.1 Å². The number of aromatic nitrogens is 3. The highest BCUT2D eigenvalue weighted by Crippen LogP contribution is 2.30. The van der Waals surface area contributed by atoms with Crippen LogP contribution in [-0.4, -0.2) is 27.6 Å². The van der Waals surface area contributed by atoms with Crippen LogP contribution in [0.15, 0.2) is 36.4 Å². The first-order chi connectivity index (χ1) is 9.79. The van der Waals surface area contributed by atoms with Crippen molar-refractivity contribution < 1.29 is 9.84 Å². The van der Waals surface area contributed by atoms with Crippen molar-refractivity contribution in [2.24, 2.45) is 0 Å². The Labute approximate surface area is 115 Å². The minimum absolute atomic E-state index is 0.148. The van der Waals surface area contributed by atoms with Gasteiger partial charge in [-0.3, -0.25) is 0 Å². The van der Waals surface area contributed by atoms with E-state index < -0.39 is 0 Å². The Hall–Kier alpha value is -2.76. The summed E-state index contributed by atoms with van der Waals surface area (Å²) in [5.41, 5.74) is 3.18. The van der Waals surface area contributed by atoms with Crippen LogP contribution < -0.4 is 10.1 Å². The Morgan fingerprint density at radius 3 is 2.90 bits per heavy atom. The van der Waals surface area contributed by atoms with Crippen LogP contribution in [0.3, 0.4) is 0 Å². The minimum Gasteiger partial charge on any atom is -0.504 e. The maximum atomic E-state index is 10.0. The first-order valence-corrected chi connectivity index (χ1v) is 6.18. The van der Waals surface area contributed by atoms with Crippen molar-refractivity contribution in [1.82, 2.24) is 15.4 Å². The number of H-pyrrole nitrogens is 1. The molecule has 6 nitrogen and oxygen atoms in total. The fourth-order valence-corrected chi connectivity index (χ4v) is 2.08. The summed E-state index contributed by atoms with van der Waals surface area (Å²) in [7, 11) is 1.53. The molecule has 0 atom stereocenters. The van der Waals surface area contributed by atoms with E-state index in [4.69, 9.17) is 4.74 Å². The number of ether oxygens (including phenoxy) is 1. The minimum atomic E-state index is 0.148. The number of aromatic hydroxyl groups is 1. The molecule has 3 N–H and O–H groups in total. The molecule has 0 spiro atoms. The highest BCUT2D eigenvalue weighted by atomic mass is 16.5. The molecule has 0 radical (unpaired) electrons. The van der Waals surface area contributed by atoms with Gasteiger partial charge in [-0.15, -0.1) is 0 Å². The van der Waals surface area contributed by atoms with E-state index >= 15 is 0 Å². The summed E-state index contributed by atoms with van der Waals surface area (Å²) in [5, 5.41) is 24.0. The maximum absolute atomic E-state index is 10.0. The summed E-state index contributed by atoms with van der Waals surface area (Å²) in [6.07, 6.45) is 0. The van der Waals surface area contributed by atoms with E-state index in [0.29, 0.717) is 12.3 Å². The molecule has 0 aliphatic rings. The number of phenols is 1. The molecule has 2 aromatic carbocycles. The Morgan fingerprint density at radius 2 is 2.05 bits per heavy atom. The lowest BCUT2D eigenvalue weighted by molar-refractivity contribution is 0.371. The van der Waals surface area contributed by atoms with Crippen LogP contribution in [0.1, 0.15) is 5.56 Å². The molecule has 20 heavy (non-hydrogen) atoms. The predicted octanol–water partition coefficient (Wildman–Crippen LogP) is 2.28. The van der Waals surface area contributed by atoms with Crippen molar-refractivity contribution in [3.8, 4) is 11.5 Å². The molecule has 0 aliphatic heterocycles. The molecule has 0 fully saturated rings. The molecule has 0 saturated heterocycles. The third-order valence-corrected chi connectivity index (χ3v) is 3.12. The van der Waals surface area contributed by atoms with Gasteiger partial charge < -0.3 is 15.2 Å². The molecule has 1 heterocycles. The zero-order valence-electron chi connectivity index (χ0n) is 10.9. The van der Waals surface area contributed by atoms with Gasteiger partial charge in [0.2, 0.25) is 0 Å². The monoisotopic (exact) mass is 270 g/mol. The van der Waals surface area contributed by atoms with Crippen LogP contribution in [-0.2, 0) is 6.54 Å². The first-order valence-electron chi connectivity index (χ1n) is 6.18. The van der Waals surface area contributed by atoms with E-state index in [1.54, 1.807) is 6.07 Å². The van der Waals surface area contributed by atoms with E-state index in [9.17, 15) is 5.11 Å².